The second-order valence-electron chi connectivity index (χ2n) is 3.30. The molecule has 2 aromatic rings. The molecule has 0 bridgehead atoms. The number of rotatable bonds is 3. The topological polar surface area (TPSA) is 12.0 Å². The highest BCUT2D eigenvalue weighted by Crippen LogP contribution is 2.35. The van der Waals surface area contributed by atoms with Gasteiger partial charge in [0.2, 0.25) is 0 Å². The zero-order valence-corrected chi connectivity index (χ0v) is 14.8. The van der Waals surface area contributed by atoms with Crippen molar-refractivity contribution >= 4 is 76.4 Å². The number of thiophene rings is 1. The normalized spacial score (nSPS) is 10.6. The third kappa shape index (κ3) is 3.70. The van der Waals surface area contributed by atoms with E-state index in [9.17, 15) is 0 Å². The fourth-order valence-electron chi connectivity index (χ4n) is 1.33. The quantitative estimate of drug-likeness (QED) is 0.567. The van der Waals surface area contributed by atoms with E-state index in [1.54, 1.807) is 11.3 Å². The van der Waals surface area contributed by atoms with Gasteiger partial charge >= 0.3 is 0 Å². The molecule has 0 saturated carbocycles. The first kappa shape index (κ1) is 13.9. The molecule has 0 saturated heterocycles. The maximum absolute atomic E-state index is 5.89. The molecular weight excluding hydrogens is 453 g/mol. The largest absolute Gasteiger partial charge is 0.378 e. The van der Waals surface area contributed by atoms with Crippen molar-refractivity contribution in [1.29, 1.82) is 0 Å². The van der Waals surface area contributed by atoms with Crippen LogP contribution in [-0.4, -0.2) is 0 Å². The van der Waals surface area contributed by atoms with E-state index < -0.39 is 0 Å². The summed E-state index contributed by atoms with van der Waals surface area (Å²) in [5, 5.41) is 3.38. The van der Waals surface area contributed by atoms with Gasteiger partial charge in [-0.05, 0) is 56.1 Å². The van der Waals surface area contributed by atoms with Crippen LogP contribution in [0.5, 0.6) is 0 Å². The standard InChI is InChI=1S/C11H7Br3ClNS/c12-6-3-8(13)11(9(14)4-6)16-5-7-1-2-10(15)17-7/h1-4,16H,5H2. The van der Waals surface area contributed by atoms with Crippen molar-refractivity contribution in [3.05, 3.63) is 46.9 Å². The number of halogens is 4. The van der Waals surface area contributed by atoms with E-state index in [0.29, 0.717) is 0 Å². The molecule has 2 rings (SSSR count). The first-order chi connectivity index (χ1) is 8.06. The van der Waals surface area contributed by atoms with Gasteiger partial charge in [-0.3, -0.25) is 0 Å². The van der Waals surface area contributed by atoms with E-state index >= 15 is 0 Å². The molecule has 0 atom stereocenters. The Hall–Kier alpha value is 0.450. The fourth-order valence-corrected chi connectivity index (χ4v) is 4.90. The molecule has 1 N–H and O–H groups in total. The van der Waals surface area contributed by atoms with Gasteiger partial charge in [-0.25, -0.2) is 0 Å². The van der Waals surface area contributed by atoms with E-state index in [-0.39, 0.29) is 0 Å². The van der Waals surface area contributed by atoms with Gasteiger partial charge in [0.1, 0.15) is 0 Å². The Bertz CT molecular complexity index is 518. The Morgan fingerprint density at radius 1 is 1.12 bits per heavy atom. The van der Waals surface area contributed by atoms with E-state index in [0.717, 1.165) is 30.0 Å². The summed E-state index contributed by atoms with van der Waals surface area (Å²) < 4.78 is 3.87. The van der Waals surface area contributed by atoms with Crippen LogP contribution in [0, 0.1) is 0 Å². The van der Waals surface area contributed by atoms with Crippen molar-refractivity contribution in [3.63, 3.8) is 0 Å². The van der Waals surface area contributed by atoms with Gasteiger partial charge < -0.3 is 5.32 Å². The van der Waals surface area contributed by atoms with Crippen LogP contribution in [0.25, 0.3) is 0 Å². The molecule has 90 valence electrons. The molecule has 0 spiro atoms. The summed E-state index contributed by atoms with van der Waals surface area (Å²) in [6.45, 7) is 0.760. The minimum absolute atomic E-state index is 0.760. The highest BCUT2D eigenvalue weighted by atomic mass is 79.9. The van der Waals surface area contributed by atoms with E-state index in [4.69, 9.17) is 11.6 Å². The molecule has 0 aliphatic heterocycles. The summed E-state index contributed by atoms with van der Waals surface area (Å²) >= 11 is 18.0. The SMILES string of the molecule is Clc1ccc(CNc2c(Br)cc(Br)cc2Br)s1. The minimum Gasteiger partial charge on any atom is -0.378 e. The molecule has 17 heavy (non-hydrogen) atoms. The molecule has 0 amide bonds. The predicted octanol–water partition coefficient (Wildman–Crippen LogP) is 6.30. The van der Waals surface area contributed by atoms with Crippen molar-refractivity contribution in [3.8, 4) is 0 Å². The summed E-state index contributed by atoms with van der Waals surface area (Å²) in [4.78, 5) is 1.21. The Morgan fingerprint density at radius 2 is 1.76 bits per heavy atom. The van der Waals surface area contributed by atoms with Crippen molar-refractivity contribution in [2.75, 3.05) is 5.32 Å². The molecule has 0 aliphatic carbocycles. The first-order valence-electron chi connectivity index (χ1n) is 4.69. The molecule has 1 aromatic carbocycles. The Labute approximate surface area is 134 Å². The molecule has 0 aliphatic rings. The lowest BCUT2D eigenvalue weighted by Crippen LogP contribution is -1.99. The average molecular weight is 460 g/mol. The number of hydrogen-bond acceptors (Lipinski definition) is 2. The first-order valence-corrected chi connectivity index (χ1v) is 8.26. The highest BCUT2D eigenvalue weighted by Gasteiger charge is 2.07. The van der Waals surface area contributed by atoms with Crippen LogP contribution >= 0.6 is 70.7 Å². The summed E-state index contributed by atoms with van der Waals surface area (Å²) in [6, 6.07) is 7.96. The van der Waals surface area contributed by atoms with Crippen molar-refractivity contribution < 1.29 is 0 Å². The monoisotopic (exact) mass is 457 g/mol. The van der Waals surface area contributed by atoms with Gasteiger partial charge in [0, 0.05) is 24.8 Å². The molecule has 0 fully saturated rings. The van der Waals surface area contributed by atoms with Gasteiger partial charge in [0.25, 0.3) is 0 Å². The second kappa shape index (κ2) is 6.06. The van der Waals surface area contributed by atoms with E-state index in [2.05, 4.69) is 53.1 Å². The van der Waals surface area contributed by atoms with Crippen LogP contribution in [0.3, 0.4) is 0 Å². The summed E-state index contributed by atoms with van der Waals surface area (Å²) in [7, 11) is 0. The lowest BCUT2D eigenvalue weighted by molar-refractivity contribution is 1.18. The third-order valence-corrected chi connectivity index (χ3v) is 5.01. The molecular formula is C11H7Br3ClNS. The van der Waals surface area contributed by atoms with Gasteiger partial charge in [-0.15, -0.1) is 11.3 Å². The maximum atomic E-state index is 5.89. The summed E-state index contributed by atoms with van der Waals surface area (Å²) in [5.74, 6) is 0. The van der Waals surface area contributed by atoms with Crippen molar-refractivity contribution in [1.82, 2.24) is 0 Å². The van der Waals surface area contributed by atoms with E-state index in [1.165, 1.54) is 4.88 Å². The molecule has 0 radical (unpaired) electrons. The predicted molar refractivity (Wildman–Crippen MR) is 86.2 cm³/mol. The molecule has 1 aromatic heterocycles. The lowest BCUT2D eigenvalue weighted by atomic mass is 10.3. The molecule has 6 heteroatoms. The average Bonchev–Trinajstić information content (AvgIpc) is 2.62. The van der Waals surface area contributed by atoms with E-state index in [1.807, 2.05) is 24.3 Å². The maximum Gasteiger partial charge on any atom is 0.0931 e. The Kier molecular flexibility index (Phi) is 4.95. The van der Waals surface area contributed by atoms with Gasteiger partial charge in [0.05, 0.1) is 10.0 Å². The van der Waals surface area contributed by atoms with Crippen LogP contribution in [0.2, 0.25) is 4.34 Å². The van der Waals surface area contributed by atoms with Crippen LogP contribution in [0.15, 0.2) is 37.7 Å². The van der Waals surface area contributed by atoms with Crippen LogP contribution in [0.1, 0.15) is 4.88 Å². The molecule has 0 unspecified atom stereocenters. The van der Waals surface area contributed by atoms with Crippen molar-refractivity contribution in [2.24, 2.45) is 0 Å². The summed E-state index contributed by atoms with van der Waals surface area (Å²) in [5.41, 5.74) is 1.04. The van der Waals surface area contributed by atoms with Crippen LogP contribution in [-0.2, 0) is 6.54 Å². The number of anilines is 1. The fraction of sp³-hybridized carbons (Fsp3) is 0.0909. The van der Waals surface area contributed by atoms with Crippen LogP contribution < -0.4 is 5.32 Å². The lowest BCUT2D eigenvalue weighted by Gasteiger charge is -2.10. The minimum atomic E-state index is 0.760. The zero-order chi connectivity index (χ0) is 12.4. The third-order valence-electron chi connectivity index (χ3n) is 2.08. The van der Waals surface area contributed by atoms with Gasteiger partial charge in [0.15, 0.2) is 0 Å². The Balaban J connectivity index is 2.14. The molecule has 1 heterocycles. The van der Waals surface area contributed by atoms with Gasteiger partial charge in [-0.1, -0.05) is 27.5 Å². The number of hydrogen-bond donors (Lipinski definition) is 1. The molecule has 1 nitrogen and oxygen atoms in total. The summed E-state index contributed by atoms with van der Waals surface area (Å²) in [6.07, 6.45) is 0. The van der Waals surface area contributed by atoms with Crippen molar-refractivity contribution in [2.45, 2.75) is 6.54 Å². The number of nitrogens with one attached hydrogen (secondary N) is 1. The Morgan fingerprint density at radius 3 is 2.29 bits per heavy atom. The second-order valence-corrected chi connectivity index (χ2v) is 7.73. The van der Waals surface area contributed by atoms with Gasteiger partial charge in [-0.2, -0.15) is 0 Å². The zero-order valence-electron chi connectivity index (χ0n) is 8.44. The smallest absolute Gasteiger partial charge is 0.0931 e. The highest BCUT2D eigenvalue weighted by molar-refractivity contribution is 9.11. The number of benzene rings is 1. The van der Waals surface area contributed by atoms with Crippen LogP contribution in [0.4, 0.5) is 5.69 Å².